The highest BCUT2D eigenvalue weighted by Gasteiger charge is 2.42. The first-order valence-corrected chi connectivity index (χ1v) is 34.6. The van der Waals surface area contributed by atoms with Crippen LogP contribution in [0.15, 0.2) is 70.5 Å². The number of esters is 1. The van der Waals surface area contributed by atoms with E-state index in [0.717, 1.165) is 60.5 Å². The average molecular weight is 1440 g/mol. The lowest BCUT2D eigenvalue weighted by atomic mass is 9.88. The molecular formula is C76H86F12N6O8. The maximum Gasteiger partial charge on any atom is 0.416 e. The van der Waals surface area contributed by atoms with Crippen LogP contribution in [0.4, 0.5) is 52.7 Å². The van der Waals surface area contributed by atoms with Crippen molar-refractivity contribution < 1.29 is 81.7 Å². The zero-order valence-corrected chi connectivity index (χ0v) is 58.5. The first-order chi connectivity index (χ1) is 47.9. The van der Waals surface area contributed by atoms with Crippen LogP contribution in [-0.4, -0.2) is 93.7 Å². The fraction of sp³-hybridized carbons (Fsp3) is 0.500. The number of alkyl halides is 6. The van der Waals surface area contributed by atoms with Crippen LogP contribution in [-0.2, 0) is 49.1 Å². The number of aryl methyl sites for hydroxylation is 4. The number of rotatable bonds is 27. The smallest absolute Gasteiger partial charge is 0.416 e. The van der Waals surface area contributed by atoms with Gasteiger partial charge in [0.05, 0.1) is 42.7 Å². The number of carboxylic acid groups (broad SMARTS) is 1. The van der Waals surface area contributed by atoms with Crippen molar-refractivity contribution in [2.24, 2.45) is 11.8 Å². The van der Waals surface area contributed by atoms with Gasteiger partial charge in [-0.25, -0.2) is 26.3 Å². The number of halogens is 12. The van der Waals surface area contributed by atoms with Crippen LogP contribution in [0.1, 0.15) is 202 Å². The van der Waals surface area contributed by atoms with Crippen LogP contribution < -0.4 is 21.8 Å². The second kappa shape index (κ2) is 32.2. The molecular weight excluding hydrogens is 1350 g/mol. The van der Waals surface area contributed by atoms with Crippen LogP contribution in [0.3, 0.4) is 0 Å². The molecule has 2 amide bonds. The number of hydrogen-bond acceptors (Lipinski definition) is 9. The molecule has 4 aliphatic rings. The quantitative estimate of drug-likeness (QED) is 0.0333. The summed E-state index contributed by atoms with van der Waals surface area (Å²) in [6.45, 7) is 18.4. The minimum Gasteiger partial charge on any atom is -0.481 e. The molecule has 2 aromatic heterocycles. The molecule has 552 valence electrons. The van der Waals surface area contributed by atoms with Gasteiger partial charge in [-0.2, -0.15) is 26.3 Å². The van der Waals surface area contributed by atoms with E-state index in [-0.39, 0.29) is 89.3 Å². The maximum atomic E-state index is 16.9. The molecule has 0 spiro atoms. The molecule has 102 heavy (non-hydrogen) atoms. The van der Waals surface area contributed by atoms with E-state index in [1.807, 2.05) is 9.80 Å². The number of ether oxygens (including phenoxy) is 1. The summed E-state index contributed by atoms with van der Waals surface area (Å²) >= 11 is 0. The number of nitrogens with zero attached hydrogens (tertiary/aromatic N) is 4. The van der Waals surface area contributed by atoms with Gasteiger partial charge in [0, 0.05) is 59.9 Å². The molecule has 2 aliphatic carbocycles. The summed E-state index contributed by atoms with van der Waals surface area (Å²) in [4.78, 5) is 84.0. The molecule has 2 aliphatic heterocycles. The van der Waals surface area contributed by atoms with Crippen LogP contribution in [0.25, 0.3) is 22.3 Å². The Balaban J connectivity index is 0.000000237. The van der Waals surface area contributed by atoms with Crippen molar-refractivity contribution in [3.63, 3.8) is 0 Å². The third-order valence-electron chi connectivity index (χ3n) is 19.4. The monoisotopic (exact) mass is 1440 g/mol. The number of likely N-dealkylation sites (tertiary alicyclic amines) is 2. The molecule has 6 aromatic rings. The maximum absolute atomic E-state index is 16.9. The van der Waals surface area contributed by atoms with Gasteiger partial charge in [0.15, 0.2) is 0 Å². The number of carbonyl (C=O) groups excluding carboxylic acids is 3. The minimum atomic E-state index is -4.83. The van der Waals surface area contributed by atoms with E-state index in [2.05, 4.69) is 10.6 Å². The average Bonchev–Trinajstić information content (AvgIpc) is 1.16. The normalized spacial score (nSPS) is 16.2. The molecule has 4 atom stereocenters. The van der Waals surface area contributed by atoms with Crippen molar-refractivity contribution in [2.45, 2.75) is 188 Å². The predicted molar refractivity (Wildman–Crippen MR) is 360 cm³/mol. The fourth-order valence-electron chi connectivity index (χ4n) is 13.9. The molecule has 3 N–H and O–H groups in total. The molecule has 0 radical (unpaired) electrons. The van der Waals surface area contributed by atoms with Crippen molar-refractivity contribution in [1.82, 2.24) is 29.6 Å². The van der Waals surface area contributed by atoms with Crippen LogP contribution in [0, 0.1) is 74.4 Å². The van der Waals surface area contributed by atoms with Gasteiger partial charge in [0.1, 0.15) is 47.0 Å². The van der Waals surface area contributed by atoms with Gasteiger partial charge >= 0.3 is 24.3 Å². The predicted octanol–water partition coefficient (Wildman–Crippen LogP) is 15.7. The number of carboxylic acids is 1. The van der Waals surface area contributed by atoms with Crippen molar-refractivity contribution in [3.8, 4) is 22.3 Å². The zero-order valence-electron chi connectivity index (χ0n) is 58.5. The van der Waals surface area contributed by atoms with Gasteiger partial charge < -0.3 is 39.4 Å². The van der Waals surface area contributed by atoms with Crippen molar-refractivity contribution >= 4 is 23.8 Å². The summed E-state index contributed by atoms with van der Waals surface area (Å²) in [6.07, 6.45) is -4.97. The number of carbonyl (C=O) groups is 4. The van der Waals surface area contributed by atoms with Crippen LogP contribution >= 0.6 is 0 Å². The van der Waals surface area contributed by atoms with Gasteiger partial charge in [-0.05, 0) is 241 Å². The summed E-state index contributed by atoms with van der Waals surface area (Å²) in [5, 5.41) is 14.9. The highest BCUT2D eigenvalue weighted by molar-refractivity contribution is 5.84. The van der Waals surface area contributed by atoms with Gasteiger partial charge in [-0.15, -0.1) is 0 Å². The summed E-state index contributed by atoms with van der Waals surface area (Å²) < 4.78 is 186. The molecule has 14 nitrogen and oxygen atoms in total. The number of hydrogen-bond donors (Lipinski definition) is 3. The number of nitrogens with one attached hydrogen (secondary N) is 2. The molecule has 4 heterocycles. The Kier molecular flexibility index (Phi) is 24.6. The largest absolute Gasteiger partial charge is 0.481 e. The third-order valence-corrected chi connectivity index (χ3v) is 19.4. The first kappa shape index (κ1) is 77.9. The number of benzene rings is 4. The second-order valence-corrected chi connectivity index (χ2v) is 28.3. The van der Waals surface area contributed by atoms with Crippen molar-refractivity contribution in [2.75, 3.05) is 45.9 Å². The molecule has 4 fully saturated rings. The number of pyridine rings is 2. The summed E-state index contributed by atoms with van der Waals surface area (Å²) in [5.74, 6) is -10.5. The summed E-state index contributed by atoms with van der Waals surface area (Å²) in [6, 6.07) is 2.35. The fourth-order valence-corrected chi connectivity index (χ4v) is 13.9. The van der Waals surface area contributed by atoms with E-state index in [4.69, 9.17) is 4.74 Å². The van der Waals surface area contributed by atoms with E-state index in [1.165, 1.54) is 36.4 Å². The van der Waals surface area contributed by atoms with Crippen molar-refractivity contribution in [3.05, 3.63) is 183 Å². The number of amides is 2. The standard InChI is InChI=1S/C39H45F6N3O4.C37H41F6N3O4/c1-6-52-33(50)19-30(35-36(41)27(24-8-9-24)17-28(37(35)42)34-22(4)15-26(40)16-23(34)5)46-38(51)31(14-21(2)3)48-20-25(10-13-47-11-7-12-47)29(18-32(48)49)39(43,44)45;1-19(2)12-29(46-18-23(8-11-45-9-5-10-45)27(16-30(46)47)37(41,42)43)36(50)44-28(17-31(48)49)33-34(39)25(22-6-7-22)15-26(35(33)40)32-20(3)13-24(38)14-21(32)4/h15-18,20-21,24,30-31H,6-14,19H2,1-5H3,(H,46,51);13-16,18-19,22,28-29H,5-12,17H2,1-4H3,(H,44,50)(H,48,49)/t30-,31?;28-,29?/m00/s1. The Morgan fingerprint density at radius 2 is 0.892 bits per heavy atom. The Morgan fingerprint density at radius 3 is 1.19 bits per heavy atom. The van der Waals surface area contributed by atoms with Gasteiger partial charge in [-0.3, -0.25) is 28.8 Å². The van der Waals surface area contributed by atoms with Crippen molar-refractivity contribution in [1.29, 1.82) is 0 Å². The molecule has 2 saturated carbocycles. The molecule has 26 heteroatoms. The molecule has 4 aromatic carbocycles. The van der Waals surface area contributed by atoms with Crippen LogP contribution in [0.2, 0.25) is 0 Å². The zero-order chi connectivity index (χ0) is 74.7. The topological polar surface area (TPSA) is 172 Å². The van der Waals surface area contributed by atoms with E-state index in [0.29, 0.717) is 84.3 Å². The van der Waals surface area contributed by atoms with E-state index in [1.54, 1.807) is 62.3 Å². The van der Waals surface area contributed by atoms with E-state index in [9.17, 15) is 69.0 Å². The summed E-state index contributed by atoms with van der Waals surface area (Å²) in [7, 11) is 0. The Morgan fingerprint density at radius 1 is 0.539 bits per heavy atom. The SMILES string of the molecule is CCOC(=O)C[C@H](NC(=O)C(CC(C)C)n1cc(CCN2CCC2)c(C(F)(F)F)cc1=O)c1c(F)c(-c2c(C)cc(F)cc2C)cc(C2CC2)c1F.Cc1cc(F)cc(C)c1-c1cc(C2CC2)c(F)c([C@H](CC(=O)O)NC(=O)C(CC(C)C)n2cc(CCN3CCC3)c(C(F)(F)F)cc2=O)c1F. The third kappa shape index (κ3) is 18.4. The van der Waals surface area contributed by atoms with Gasteiger partial charge in [0.2, 0.25) is 11.8 Å². The lowest BCUT2D eigenvalue weighted by molar-refractivity contribution is -0.144. The number of aliphatic carboxylic acids is 1. The highest BCUT2D eigenvalue weighted by atomic mass is 19.4. The van der Waals surface area contributed by atoms with Crippen LogP contribution in [0.5, 0.6) is 0 Å². The molecule has 0 bridgehead atoms. The highest BCUT2D eigenvalue weighted by Crippen LogP contribution is 2.49. The van der Waals surface area contributed by atoms with Gasteiger partial charge in [-0.1, -0.05) is 27.7 Å². The van der Waals surface area contributed by atoms with E-state index >= 15 is 17.6 Å². The van der Waals surface area contributed by atoms with Gasteiger partial charge in [0.25, 0.3) is 11.1 Å². The first-order valence-electron chi connectivity index (χ1n) is 34.6. The summed E-state index contributed by atoms with van der Waals surface area (Å²) in [5.41, 5.74) is -3.63. The lowest BCUT2D eigenvalue weighted by Crippen LogP contribution is -2.41. The molecule has 2 unspecified atom stereocenters. The second-order valence-electron chi connectivity index (χ2n) is 28.3. The molecule has 2 saturated heterocycles. The van der Waals surface area contributed by atoms with E-state index < -0.39 is 141 Å². The lowest BCUT2D eigenvalue weighted by Gasteiger charge is -2.31. The minimum absolute atomic E-state index is 0.0128. The Bertz CT molecular complexity index is 4220. The number of aromatic nitrogens is 2. The molecule has 10 rings (SSSR count). The Labute approximate surface area is 583 Å². The Hall–Kier alpha value is -8.26.